The zero-order chi connectivity index (χ0) is 18.6. The number of methoxy groups -OCH3 is 1. The van der Waals surface area contributed by atoms with E-state index < -0.39 is 0 Å². The van der Waals surface area contributed by atoms with E-state index in [0.717, 1.165) is 33.6 Å². The molecule has 0 fully saturated rings. The van der Waals surface area contributed by atoms with E-state index in [0.29, 0.717) is 11.4 Å². The Hall–Kier alpha value is -3.12. The Morgan fingerprint density at radius 3 is 2.85 bits per heavy atom. The van der Waals surface area contributed by atoms with E-state index in [1.165, 1.54) is 11.3 Å². The second-order valence-electron chi connectivity index (χ2n) is 6.08. The number of nitrogens with one attached hydrogen (secondary N) is 1. The summed E-state index contributed by atoms with van der Waals surface area (Å²) in [5.41, 5.74) is 2.00. The van der Waals surface area contributed by atoms with Gasteiger partial charge in [-0.3, -0.25) is 4.79 Å². The van der Waals surface area contributed by atoms with Crippen molar-refractivity contribution in [1.29, 1.82) is 0 Å². The van der Waals surface area contributed by atoms with Crippen molar-refractivity contribution in [1.82, 2.24) is 14.9 Å². The third-order valence-electron chi connectivity index (χ3n) is 4.34. The molecule has 1 amide bonds. The number of benzene rings is 1. The molecular formula is C21H19N3O2S. The summed E-state index contributed by atoms with van der Waals surface area (Å²) in [6.07, 6.45) is 6.39. The van der Waals surface area contributed by atoms with E-state index in [-0.39, 0.29) is 5.91 Å². The molecule has 0 unspecified atom stereocenters. The Morgan fingerprint density at radius 1 is 1.19 bits per heavy atom. The summed E-state index contributed by atoms with van der Waals surface area (Å²) in [6.45, 7) is 0.554. The van der Waals surface area contributed by atoms with Gasteiger partial charge in [0, 0.05) is 30.5 Å². The predicted molar refractivity (Wildman–Crippen MR) is 108 cm³/mol. The number of amides is 1. The van der Waals surface area contributed by atoms with Crippen LogP contribution in [0.1, 0.15) is 15.2 Å². The summed E-state index contributed by atoms with van der Waals surface area (Å²) in [4.78, 5) is 18.8. The molecule has 3 heterocycles. The van der Waals surface area contributed by atoms with Gasteiger partial charge in [-0.25, -0.2) is 4.98 Å². The van der Waals surface area contributed by atoms with E-state index in [2.05, 4.69) is 10.3 Å². The lowest BCUT2D eigenvalue weighted by atomic mass is 10.1. The highest BCUT2D eigenvalue weighted by atomic mass is 32.1. The van der Waals surface area contributed by atoms with Crippen LogP contribution in [0.3, 0.4) is 0 Å². The number of hydrogen-bond donors (Lipinski definition) is 1. The molecule has 1 N–H and O–H groups in total. The lowest BCUT2D eigenvalue weighted by Crippen LogP contribution is -2.25. The number of hydrogen-bond acceptors (Lipinski definition) is 4. The highest BCUT2D eigenvalue weighted by Gasteiger charge is 2.19. The van der Waals surface area contributed by atoms with Crippen LogP contribution in [0.2, 0.25) is 0 Å². The van der Waals surface area contributed by atoms with Crippen LogP contribution in [0.15, 0.2) is 67.1 Å². The molecule has 0 radical (unpaired) electrons. The van der Waals surface area contributed by atoms with Crippen LogP contribution in [-0.2, 0) is 6.42 Å². The number of carbonyl (C=O) groups is 1. The summed E-state index contributed by atoms with van der Waals surface area (Å²) in [5.74, 6) is 0.744. The molecule has 4 aromatic rings. The van der Waals surface area contributed by atoms with Crippen LogP contribution in [-0.4, -0.2) is 29.1 Å². The summed E-state index contributed by atoms with van der Waals surface area (Å²) >= 11 is 1.42. The smallest absolute Gasteiger partial charge is 0.263 e. The minimum Gasteiger partial charge on any atom is -0.497 e. The van der Waals surface area contributed by atoms with Gasteiger partial charge in [0.2, 0.25) is 0 Å². The van der Waals surface area contributed by atoms with E-state index >= 15 is 0 Å². The molecule has 27 heavy (non-hydrogen) atoms. The first-order valence-corrected chi connectivity index (χ1v) is 9.50. The molecule has 0 aliphatic carbocycles. The van der Waals surface area contributed by atoms with Crippen LogP contribution < -0.4 is 10.1 Å². The molecule has 0 saturated heterocycles. The number of carbonyl (C=O) groups excluding carboxylic acids is 1. The molecule has 3 aromatic heterocycles. The maximum Gasteiger partial charge on any atom is 0.263 e. The van der Waals surface area contributed by atoms with Crippen molar-refractivity contribution >= 4 is 27.5 Å². The molecule has 5 nitrogen and oxygen atoms in total. The van der Waals surface area contributed by atoms with E-state index in [9.17, 15) is 4.79 Å². The topological polar surface area (TPSA) is 56.1 Å². The fraction of sp³-hybridized carbons (Fsp3) is 0.143. The zero-order valence-corrected chi connectivity index (χ0v) is 15.7. The van der Waals surface area contributed by atoms with Crippen molar-refractivity contribution in [2.24, 2.45) is 0 Å². The average Bonchev–Trinajstić information content (AvgIpc) is 3.35. The van der Waals surface area contributed by atoms with Gasteiger partial charge < -0.3 is 14.6 Å². The van der Waals surface area contributed by atoms with Crippen molar-refractivity contribution in [3.63, 3.8) is 0 Å². The summed E-state index contributed by atoms with van der Waals surface area (Å²) in [6, 6.07) is 15.7. The third-order valence-corrected chi connectivity index (χ3v) is 5.44. The SMILES string of the molecule is COc1cccc(CCNC(=O)c2sc3ncccc3c2-n2cccc2)c1. The van der Waals surface area contributed by atoms with E-state index in [1.54, 1.807) is 13.3 Å². The summed E-state index contributed by atoms with van der Waals surface area (Å²) in [7, 11) is 1.65. The Balaban J connectivity index is 1.55. The van der Waals surface area contributed by atoms with Crippen LogP contribution in [0.5, 0.6) is 5.75 Å². The summed E-state index contributed by atoms with van der Waals surface area (Å²) in [5, 5.41) is 4.02. The highest BCUT2D eigenvalue weighted by molar-refractivity contribution is 7.21. The third kappa shape index (κ3) is 3.57. The minimum absolute atomic E-state index is 0.0791. The molecule has 1 aromatic carbocycles. The van der Waals surface area contributed by atoms with Gasteiger partial charge >= 0.3 is 0 Å². The van der Waals surface area contributed by atoms with Gasteiger partial charge in [-0.1, -0.05) is 12.1 Å². The van der Waals surface area contributed by atoms with Gasteiger partial charge in [-0.15, -0.1) is 11.3 Å². The van der Waals surface area contributed by atoms with Gasteiger partial charge in [-0.2, -0.15) is 0 Å². The van der Waals surface area contributed by atoms with E-state index in [1.807, 2.05) is 65.5 Å². The van der Waals surface area contributed by atoms with Gasteiger partial charge in [0.15, 0.2) is 0 Å². The number of fused-ring (bicyclic) bond motifs is 1. The molecule has 136 valence electrons. The lowest BCUT2D eigenvalue weighted by molar-refractivity contribution is 0.0958. The molecular weight excluding hydrogens is 358 g/mol. The first kappa shape index (κ1) is 17.3. The molecule has 0 spiro atoms. The number of ether oxygens (including phenoxy) is 1. The highest BCUT2D eigenvalue weighted by Crippen LogP contribution is 2.32. The maximum atomic E-state index is 12.9. The Kier molecular flexibility index (Phi) is 4.89. The van der Waals surface area contributed by atoms with Gasteiger partial charge in [0.25, 0.3) is 5.91 Å². The molecule has 4 rings (SSSR count). The van der Waals surface area contributed by atoms with Gasteiger partial charge in [0.1, 0.15) is 15.5 Å². The first-order chi connectivity index (χ1) is 13.3. The van der Waals surface area contributed by atoms with Crippen LogP contribution >= 0.6 is 11.3 Å². The van der Waals surface area contributed by atoms with Crippen LogP contribution in [0.4, 0.5) is 0 Å². The molecule has 0 aliphatic heterocycles. The number of rotatable bonds is 6. The molecule has 0 atom stereocenters. The van der Waals surface area contributed by atoms with Gasteiger partial charge in [0.05, 0.1) is 12.8 Å². The van der Waals surface area contributed by atoms with E-state index in [4.69, 9.17) is 4.74 Å². The maximum absolute atomic E-state index is 12.9. The summed E-state index contributed by atoms with van der Waals surface area (Å²) < 4.78 is 7.22. The van der Waals surface area contributed by atoms with Crippen molar-refractivity contribution < 1.29 is 9.53 Å². The monoisotopic (exact) mass is 377 g/mol. The predicted octanol–water partition coefficient (Wildman–Crippen LogP) is 4.07. The normalized spacial score (nSPS) is 10.9. The number of pyridine rings is 1. The molecule has 0 bridgehead atoms. The fourth-order valence-corrected chi connectivity index (χ4v) is 4.10. The standard InChI is InChI=1S/C21H19N3O2S/c1-26-16-7-4-6-15(14-16)9-11-22-20(25)19-18(24-12-2-3-13-24)17-8-5-10-23-21(17)27-19/h2-8,10,12-14H,9,11H2,1H3,(H,22,25). The number of nitrogens with zero attached hydrogens (tertiary/aromatic N) is 2. The molecule has 0 aliphatic rings. The largest absolute Gasteiger partial charge is 0.497 e. The van der Waals surface area contributed by atoms with Crippen molar-refractivity contribution in [3.05, 3.63) is 77.6 Å². The van der Waals surface area contributed by atoms with Crippen LogP contribution in [0, 0.1) is 0 Å². The molecule has 0 saturated carbocycles. The van der Waals surface area contributed by atoms with Crippen molar-refractivity contribution in [2.45, 2.75) is 6.42 Å². The second kappa shape index (κ2) is 7.63. The number of aromatic nitrogens is 2. The Morgan fingerprint density at radius 2 is 2.04 bits per heavy atom. The minimum atomic E-state index is -0.0791. The average molecular weight is 377 g/mol. The molecule has 6 heteroatoms. The van der Waals surface area contributed by atoms with Crippen molar-refractivity contribution in [2.75, 3.05) is 13.7 Å². The van der Waals surface area contributed by atoms with Gasteiger partial charge in [-0.05, 0) is 48.4 Å². The Labute approximate surface area is 161 Å². The fourth-order valence-electron chi connectivity index (χ4n) is 3.04. The van der Waals surface area contributed by atoms with Crippen molar-refractivity contribution in [3.8, 4) is 11.4 Å². The number of thiophene rings is 1. The first-order valence-electron chi connectivity index (χ1n) is 8.68. The second-order valence-corrected chi connectivity index (χ2v) is 7.08. The quantitative estimate of drug-likeness (QED) is 0.551. The zero-order valence-electron chi connectivity index (χ0n) is 14.9. The van der Waals surface area contributed by atoms with Crippen LogP contribution in [0.25, 0.3) is 15.9 Å². The Bertz CT molecular complexity index is 1070. The lowest BCUT2D eigenvalue weighted by Gasteiger charge is -2.08.